The molecular formula is C12H15N3O. The number of benzene rings is 1. The molecule has 0 amide bonds. The molecule has 2 N–H and O–H groups in total. The SMILES string of the molecule is CCn1nc(N)cc1-c1ccccc1OC. The quantitative estimate of drug-likeness (QED) is 0.857. The molecule has 0 radical (unpaired) electrons. The third-order valence-corrected chi connectivity index (χ3v) is 2.48. The lowest BCUT2D eigenvalue weighted by atomic mass is 10.1. The van der Waals surface area contributed by atoms with E-state index in [0.717, 1.165) is 23.6 Å². The minimum Gasteiger partial charge on any atom is -0.496 e. The molecular weight excluding hydrogens is 202 g/mol. The van der Waals surface area contributed by atoms with Crippen molar-refractivity contribution in [2.75, 3.05) is 12.8 Å². The van der Waals surface area contributed by atoms with Gasteiger partial charge in [0.2, 0.25) is 0 Å². The Kier molecular flexibility index (Phi) is 2.81. The maximum absolute atomic E-state index is 5.71. The van der Waals surface area contributed by atoms with Crippen LogP contribution in [0.3, 0.4) is 0 Å². The number of para-hydroxylation sites is 1. The van der Waals surface area contributed by atoms with Gasteiger partial charge in [0.1, 0.15) is 11.6 Å². The number of hydrogen-bond acceptors (Lipinski definition) is 3. The van der Waals surface area contributed by atoms with Crippen molar-refractivity contribution in [1.82, 2.24) is 9.78 Å². The second-order valence-corrected chi connectivity index (χ2v) is 3.47. The number of anilines is 1. The van der Waals surface area contributed by atoms with Crippen LogP contribution in [-0.2, 0) is 6.54 Å². The number of ether oxygens (including phenoxy) is 1. The molecule has 1 aromatic carbocycles. The molecule has 0 saturated carbocycles. The second kappa shape index (κ2) is 4.26. The average Bonchev–Trinajstić information content (AvgIpc) is 2.70. The summed E-state index contributed by atoms with van der Waals surface area (Å²) in [5.41, 5.74) is 7.71. The van der Waals surface area contributed by atoms with Crippen LogP contribution in [0.1, 0.15) is 6.92 Å². The summed E-state index contributed by atoms with van der Waals surface area (Å²) in [7, 11) is 1.66. The Balaban J connectivity index is 2.57. The standard InChI is InChI=1S/C12H15N3O/c1-3-15-10(8-12(13)14-15)9-6-4-5-7-11(9)16-2/h4-8H,3H2,1-2H3,(H2,13,14). The number of aromatic nitrogens is 2. The van der Waals surface area contributed by atoms with Crippen LogP contribution < -0.4 is 10.5 Å². The van der Waals surface area contributed by atoms with Crippen molar-refractivity contribution in [3.05, 3.63) is 30.3 Å². The Labute approximate surface area is 94.6 Å². The van der Waals surface area contributed by atoms with Gasteiger partial charge in [0.05, 0.1) is 12.8 Å². The van der Waals surface area contributed by atoms with E-state index < -0.39 is 0 Å². The predicted octanol–water partition coefficient (Wildman–Crippen LogP) is 2.16. The first-order chi connectivity index (χ1) is 7.76. The molecule has 84 valence electrons. The highest BCUT2D eigenvalue weighted by molar-refractivity contribution is 5.69. The molecule has 0 spiro atoms. The summed E-state index contributed by atoms with van der Waals surface area (Å²) in [6.07, 6.45) is 0. The zero-order valence-electron chi connectivity index (χ0n) is 9.47. The van der Waals surface area contributed by atoms with Crippen molar-refractivity contribution < 1.29 is 4.74 Å². The van der Waals surface area contributed by atoms with Crippen LogP contribution in [0.15, 0.2) is 30.3 Å². The fourth-order valence-corrected chi connectivity index (χ4v) is 1.75. The zero-order valence-corrected chi connectivity index (χ0v) is 9.47. The number of nitrogens with zero attached hydrogens (tertiary/aromatic N) is 2. The number of rotatable bonds is 3. The molecule has 1 heterocycles. The lowest BCUT2D eigenvalue weighted by Gasteiger charge is -2.09. The predicted molar refractivity (Wildman–Crippen MR) is 64.3 cm³/mol. The molecule has 0 atom stereocenters. The van der Waals surface area contributed by atoms with E-state index in [4.69, 9.17) is 10.5 Å². The van der Waals surface area contributed by atoms with Gasteiger partial charge >= 0.3 is 0 Å². The highest BCUT2D eigenvalue weighted by atomic mass is 16.5. The average molecular weight is 217 g/mol. The molecule has 1 aromatic heterocycles. The van der Waals surface area contributed by atoms with E-state index in [1.165, 1.54) is 0 Å². The van der Waals surface area contributed by atoms with Gasteiger partial charge in [0, 0.05) is 18.2 Å². The van der Waals surface area contributed by atoms with E-state index in [1.54, 1.807) is 7.11 Å². The van der Waals surface area contributed by atoms with Crippen molar-refractivity contribution in [2.45, 2.75) is 13.5 Å². The number of hydrogen-bond donors (Lipinski definition) is 1. The van der Waals surface area contributed by atoms with Crippen molar-refractivity contribution in [3.8, 4) is 17.0 Å². The van der Waals surface area contributed by atoms with E-state index >= 15 is 0 Å². The third kappa shape index (κ3) is 1.74. The Morgan fingerprint density at radius 2 is 2.12 bits per heavy atom. The van der Waals surface area contributed by atoms with Crippen LogP contribution in [0.2, 0.25) is 0 Å². The summed E-state index contributed by atoms with van der Waals surface area (Å²) in [5, 5.41) is 4.22. The third-order valence-electron chi connectivity index (χ3n) is 2.48. The van der Waals surface area contributed by atoms with Crippen molar-refractivity contribution in [3.63, 3.8) is 0 Å². The van der Waals surface area contributed by atoms with E-state index in [-0.39, 0.29) is 0 Å². The number of aryl methyl sites for hydroxylation is 1. The lowest BCUT2D eigenvalue weighted by Crippen LogP contribution is -2.00. The van der Waals surface area contributed by atoms with Gasteiger partial charge in [-0.15, -0.1) is 0 Å². The van der Waals surface area contributed by atoms with Crippen molar-refractivity contribution >= 4 is 5.82 Å². The smallest absolute Gasteiger partial charge is 0.146 e. The lowest BCUT2D eigenvalue weighted by molar-refractivity contribution is 0.416. The Morgan fingerprint density at radius 3 is 2.81 bits per heavy atom. The highest BCUT2D eigenvalue weighted by Gasteiger charge is 2.11. The molecule has 0 unspecified atom stereocenters. The van der Waals surface area contributed by atoms with Gasteiger partial charge in [-0.05, 0) is 19.1 Å². The summed E-state index contributed by atoms with van der Waals surface area (Å²) >= 11 is 0. The van der Waals surface area contributed by atoms with Crippen LogP contribution in [-0.4, -0.2) is 16.9 Å². The molecule has 0 saturated heterocycles. The molecule has 0 aliphatic carbocycles. The molecule has 0 fully saturated rings. The summed E-state index contributed by atoms with van der Waals surface area (Å²) < 4.78 is 7.19. The first-order valence-electron chi connectivity index (χ1n) is 5.23. The van der Waals surface area contributed by atoms with E-state index in [0.29, 0.717) is 5.82 Å². The van der Waals surface area contributed by atoms with Gasteiger partial charge in [-0.25, -0.2) is 0 Å². The van der Waals surface area contributed by atoms with Crippen molar-refractivity contribution in [1.29, 1.82) is 0 Å². The van der Waals surface area contributed by atoms with Crippen LogP contribution in [0.4, 0.5) is 5.82 Å². The van der Waals surface area contributed by atoms with E-state index in [1.807, 2.05) is 41.9 Å². The molecule has 0 aliphatic heterocycles. The molecule has 16 heavy (non-hydrogen) atoms. The molecule has 4 nitrogen and oxygen atoms in total. The van der Waals surface area contributed by atoms with Gasteiger partial charge in [-0.2, -0.15) is 5.10 Å². The van der Waals surface area contributed by atoms with Gasteiger partial charge in [0.15, 0.2) is 0 Å². The monoisotopic (exact) mass is 217 g/mol. The van der Waals surface area contributed by atoms with E-state index in [9.17, 15) is 0 Å². The normalized spacial score (nSPS) is 10.4. The second-order valence-electron chi connectivity index (χ2n) is 3.47. The van der Waals surface area contributed by atoms with Gasteiger partial charge < -0.3 is 10.5 Å². The summed E-state index contributed by atoms with van der Waals surface area (Å²) in [5.74, 6) is 1.36. The van der Waals surface area contributed by atoms with Crippen LogP contribution in [0, 0.1) is 0 Å². The molecule has 2 aromatic rings. The fourth-order valence-electron chi connectivity index (χ4n) is 1.75. The summed E-state index contributed by atoms with van der Waals surface area (Å²) in [4.78, 5) is 0. The maximum atomic E-state index is 5.71. The Bertz CT molecular complexity index is 491. The summed E-state index contributed by atoms with van der Waals surface area (Å²) in [6.45, 7) is 2.82. The molecule has 2 rings (SSSR count). The molecule has 0 aliphatic rings. The largest absolute Gasteiger partial charge is 0.496 e. The zero-order chi connectivity index (χ0) is 11.5. The van der Waals surface area contributed by atoms with Crippen LogP contribution >= 0.6 is 0 Å². The first kappa shape index (κ1) is 10.5. The maximum Gasteiger partial charge on any atom is 0.146 e. The van der Waals surface area contributed by atoms with Gasteiger partial charge in [-0.1, -0.05) is 12.1 Å². The fraction of sp³-hybridized carbons (Fsp3) is 0.250. The molecule has 4 heteroatoms. The number of nitrogen functional groups attached to an aromatic ring is 1. The van der Waals surface area contributed by atoms with Gasteiger partial charge in [0.25, 0.3) is 0 Å². The van der Waals surface area contributed by atoms with Crippen molar-refractivity contribution in [2.24, 2.45) is 0 Å². The number of methoxy groups -OCH3 is 1. The van der Waals surface area contributed by atoms with Gasteiger partial charge in [-0.3, -0.25) is 4.68 Å². The van der Waals surface area contributed by atoms with Crippen LogP contribution in [0.5, 0.6) is 5.75 Å². The Morgan fingerprint density at radius 1 is 1.38 bits per heavy atom. The topological polar surface area (TPSA) is 53.1 Å². The summed E-state index contributed by atoms with van der Waals surface area (Å²) in [6, 6.07) is 9.71. The number of nitrogens with two attached hydrogens (primary N) is 1. The van der Waals surface area contributed by atoms with Crippen LogP contribution in [0.25, 0.3) is 11.3 Å². The molecule has 0 bridgehead atoms. The minimum absolute atomic E-state index is 0.530. The highest BCUT2D eigenvalue weighted by Crippen LogP contribution is 2.30. The van der Waals surface area contributed by atoms with E-state index in [2.05, 4.69) is 5.10 Å². The Hall–Kier alpha value is -1.97. The first-order valence-corrected chi connectivity index (χ1v) is 5.23. The minimum atomic E-state index is 0.530.